The molecule has 0 aliphatic heterocycles. The Bertz CT molecular complexity index is 513. The van der Waals surface area contributed by atoms with Crippen LogP contribution in [0.4, 0.5) is 5.69 Å². The van der Waals surface area contributed by atoms with Gasteiger partial charge in [-0.2, -0.15) is 0 Å². The van der Waals surface area contributed by atoms with E-state index in [2.05, 4.69) is 15.5 Å². The normalized spacial score (nSPS) is 10.7. The van der Waals surface area contributed by atoms with Crippen LogP contribution in [0.1, 0.15) is 0 Å². The van der Waals surface area contributed by atoms with Crippen molar-refractivity contribution in [1.82, 2.24) is 20.2 Å². The van der Waals surface area contributed by atoms with Gasteiger partial charge in [0.2, 0.25) is 0 Å². The molecular formula is C10H12ClN5O. The summed E-state index contributed by atoms with van der Waals surface area (Å²) in [5, 5.41) is 12.1. The molecule has 0 atom stereocenters. The number of rotatable bonds is 4. The van der Waals surface area contributed by atoms with E-state index in [1.54, 1.807) is 30.0 Å². The first kappa shape index (κ1) is 11.8. The third kappa shape index (κ3) is 2.54. The molecule has 0 saturated carbocycles. The van der Waals surface area contributed by atoms with E-state index in [1.165, 1.54) is 0 Å². The van der Waals surface area contributed by atoms with Crippen molar-refractivity contribution < 1.29 is 4.74 Å². The van der Waals surface area contributed by atoms with Crippen LogP contribution >= 0.6 is 11.6 Å². The van der Waals surface area contributed by atoms with E-state index in [0.29, 0.717) is 29.7 Å². The van der Waals surface area contributed by atoms with Crippen molar-refractivity contribution in [1.29, 1.82) is 0 Å². The van der Waals surface area contributed by atoms with Gasteiger partial charge < -0.3 is 10.5 Å². The van der Waals surface area contributed by atoms with Gasteiger partial charge in [0.25, 0.3) is 0 Å². The fourth-order valence-electron chi connectivity index (χ4n) is 1.45. The molecule has 0 unspecified atom stereocenters. The summed E-state index contributed by atoms with van der Waals surface area (Å²) in [4.78, 5) is 0. The monoisotopic (exact) mass is 253 g/mol. The van der Waals surface area contributed by atoms with E-state index in [1.807, 2.05) is 0 Å². The first-order valence-electron chi connectivity index (χ1n) is 5.03. The van der Waals surface area contributed by atoms with E-state index >= 15 is 0 Å². The van der Waals surface area contributed by atoms with Gasteiger partial charge in [-0.1, -0.05) is 11.6 Å². The van der Waals surface area contributed by atoms with Crippen molar-refractivity contribution in [2.45, 2.75) is 6.54 Å². The lowest BCUT2D eigenvalue weighted by Gasteiger charge is -2.06. The van der Waals surface area contributed by atoms with Crippen molar-refractivity contribution in [2.75, 3.05) is 19.5 Å². The van der Waals surface area contributed by atoms with Crippen LogP contribution in [-0.4, -0.2) is 33.9 Å². The number of nitrogens with two attached hydrogens (primary N) is 1. The van der Waals surface area contributed by atoms with Gasteiger partial charge in [0, 0.05) is 23.4 Å². The Kier molecular flexibility index (Phi) is 3.55. The second kappa shape index (κ2) is 5.11. The summed E-state index contributed by atoms with van der Waals surface area (Å²) in [5.74, 6) is 0.585. The van der Waals surface area contributed by atoms with Crippen molar-refractivity contribution in [2.24, 2.45) is 0 Å². The number of ether oxygens (including phenoxy) is 1. The second-order valence-corrected chi connectivity index (χ2v) is 3.89. The highest BCUT2D eigenvalue weighted by Gasteiger charge is 2.12. The molecule has 0 fully saturated rings. The third-order valence-electron chi connectivity index (χ3n) is 2.30. The average molecular weight is 254 g/mol. The highest BCUT2D eigenvalue weighted by molar-refractivity contribution is 6.31. The number of aromatic nitrogens is 4. The van der Waals surface area contributed by atoms with Gasteiger partial charge in [0.15, 0.2) is 5.82 Å². The summed E-state index contributed by atoms with van der Waals surface area (Å²) in [5.41, 5.74) is 7.19. The molecule has 0 radical (unpaired) electrons. The first-order valence-corrected chi connectivity index (χ1v) is 5.40. The number of tetrazole rings is 1. The summed E-state index contributed by atoms with van der Waals surface area (Å²) in [6.45, 7) is 1.09. The van der Waals surface area contributed by atoms with Crippen LogP contribution in [0.3, 0.4) is 0 Å². The van der Waals surface area contributed by atoms with Crippen LogP contribution in [0.25, 0.3) is 11.4 Å². The fraction of sp³-hybridized carbons (Fsp3) is 0.300. The Hall–Kier alpha value is -1.66. The summed E-state index contributed by atoms with van der Waals surface area (Å²) in [7, 11) is 1.62. The maximum atomic E-state index is 5.93. The van der Waals surface area contributed by atoms with Gasteiger partial charge >= 0.3 is 0 Å². The summed E-state index contributed by atoms with van der Waals surface area (Å²) < 4.78 is 6.62. The lowest BCUT2D eigenvalue weighted by molar-refractivity contribution is 0.183. The predicted octanol–water partition coefficient (Wildman–Crippen LogP) is 1.22. The smallest absolute Gasteiger partial charge is 0.184 e. The van der Waals surface area contributed by atoms with Crippen LogP contribution in [0.5, 0.6) is 0 Å². The molecule has 0 aliphatic rings. The van der Waals surface area contributed by atoms with E-state index in [4.69, 9.17) is 22.1 Å². The van der Waals surface area contributed by atoms with Gasteiger partial charge in [-0.05, 0) is 28.6 Å². The first-order chi connectivity index (χ1) is 8.22. The van der Waals surface area contributed by atoms with Gasteiger partial charge in [0.1, 0.15) is 0 Å². The molecule has 2 rings (SSSR count). The molecule has 0 amide bonds. The van der Waals surface area contributed by atoms with Gasteiger partial charge in [-0.3, -0.25) is 0 Å². The molecule has 1 aromatic carbocycles. The Morgan fingerprint density at radius 3 is 3.06 bits per heavy atom. The number of anilines is 1. The Morgan fingerprint density at radius 2 is 2.29 bits per heavy atom. The van der Waals surface area contributed by atoms with Crippen molar-refractivity contribution >= 4 is 17.3 Å². The molecule has 1 heterocycles. The maximum Gasteiger partial charge on any atom is 0.184 e. The number of benzene rings is 1. The molecule has 7 heteroatoms. The second-order valence-electron chi connectivity index (χ2n) is 3.45. The maximum absolute atomic E-state index is 5.93. The van der Waals surface area contributed by atoms with E-state index in [0.717, 1.165) is 5.56 Å². The number of methoxy groups -OCH3 is 1. The van der Waals surface area contributed by atoms with E-state index in [9.17, 15) is 0 Å². The summed E-state index contributed by atoms with van der Waals surface area (Å²) in [6, 6.07) is 5.20. The Labute approximate surface area is 103 Å². The van der Waals surface area contributed by atoms with Gasteiger partial charge in [0.05, 0.1) is 13.2 Å². The molecule has 0 bridgehead atoms. The summed E-state index contributed by atoms with van der Waals surface area (Å²) in [6.07, 6.45) is 0. The van der Waals surface area contributed by atoms with Crippen molar-refractivity contribution in [3.63, 3.8) is 0 Å². The van der Waals surface area contributed by atoms with Crippen LogP contribution in [0.15, 0.2) is 18.2 Å². The van der Waals surface area contributed by atoms with Crippen LogP contribution in [0.2, 0.25) is 5.02 Å². The number of hydrogen-bond acceptors (Lipinski definition) is 5. The number of hydrogen-bond donors (Lipinski definition) is 1. The number of halogens is 1. The minimum Gasteiger partial charge on any atom is -0.398 e. The lowest BCUT2D eigenvalue weighted by Crippen LogP contribution is -2.08. The minimum atomic E-state index is 0.526. The molecule has 6 nitrogen and oxygen atoms in total. The number of nitrogens with zero attached hydrogens (tertiary/aromatic N) is 4. The fourth-order valence-corrected chi connectivity index (χ4v) is 1.62. The van der Waals surface area contributed by atoms with Crippen LogP contribution in [0, 0.1) is 0 Å². The molecule has 2 N–H and O–H groups in total. The lowest BCUT2D eigenvalue weighted by atomic mass is 10.1. The zero-order valence-corrected chi connectivity index (χ0v) is 10.1. The largest absolute Gasteiger partial charge is 0.398 e. The molecular weight excluding hydrogens is 242 g/mol. The molecule has 0 spiro atoms. The van der Waals surface area contributed by atoms with E-state index < -0.39 is 0 Å². The third-order valence-corrected chi connectivity index (χ3v) is 2.53. The molecule has 1 aromatic heterocycles. The summed E-state index contributed by atoms with van der Waals surface area (Å²) >= 11 is 5.93. The van der Waals surface area contributed by atoms with Crippen LogP contribution < -0.4 is 5.73 Å². The topological polar surface area (TPSA) is 78.8 Å². The molecule has 17 heavy (non-hydrogen) atoms. The molecule has 90 valence electrons. The standard InChI is InChI=1S/C10H12ClN5O/c1-17-5-4-16-10(13-14-15-16)8-6-7(11)2-3-9(8)12/h2-3,6H,4-5,12H2,1H3. The Balaban J connectivity index is 2.38. The zero-order chi connectivity index (χ0) is 12.3. The molecule has 0 aliphatic carbocycles. The average Bonchev–Trinajstić information content (AvgIpc) is 2.77. The van der Waals surface area contributed by atoms with Crippen LogP contribution in [-0.2, 0) is 11.3 Å². The number of nitrogen functional groups attached to an aromatic ring is 1. The minimum absolute atomic E-state index is 0.526. The Morgan fingerprint density at radius 1 is 1.47 bits per heavy atom. The zero-order valence-electron chi connectivity index (χ0n) is 9.30. The van der Waals surface area contributed by atoms with Gasteiger partial charge in [-0.25, -0.2) is 4.68 Å². The predicted molar refractivity (Wildman–Crippen MR) is 64.6 cm³/mol. The SMILES string of the molecule is COCCn1nnnc1-c1cc(Cl)ccc1N. The van der Waals surface area contributed by atoms with E-state index in [-0.39, 0.29) is 0 Å². The van der Waals surface area contributed by atoms with Crippen molar-refractivity contribution in [3.05, 3.63) is 23.2 Å². The van der Waals surface area contributed by atoms with Gasteiger partial charge in [-0.15, -0.1) is 5.10 Å². The highest BCUT2D eigenvalue weighted by Crippen LogP contribution is 2.26. The molecule has 2 aromatic rings. The van der Waals surface area contributed by atoms with Crippen molar-refractivity contribution in [3.8, 4) is 11.4 Å². The molecule has 0 saturated heterocycles. The highest BCUT2D eigenvalue weighted by atomic mass is 35.5. The quantitative estimate of drug-likeness (QED) is 0.829.